The number of nitrogens with zero attached hydrogens (tertiary/aromatic N) is 3. The number of carbonyl (C=O) groups excluding carboxylic acids is 1. The van der Waals surface area contributed by atoms with Crippen molar-refractivity contribution in [3.05, 3.63) is 29.8 Å². The lowest BCUT2D eigenvalue weighted by molar-refractivity contribution is -0.140. The molecule has 2 saturated heterocycles. The standard InChI is InChI=1S/C23H36N4O3.HI/c1-23(2,3)30-20-8-6-5-7-19(20)17-25-22(24-4)27-11-9-18(10-12-27)21(28)26-13-15-29-16-14-26;/h5-8,18H,9-17H2,1-4H3,(H,24,25);1H. The lowest BCUT2D eigenvalue weighted by atomic mass is 9.95. The Labute approximate surface area is 203 Å². The molecule has 0 saturated carbocycles. The highest BCUT2D eigenvalue weighted by molar-refractivity contribution is 14.0. The third-order valence-corrected chi connectivity index (χ3v) is 5.50. The molecule has 0 unspecified atom stereocenters. The van der Waals surface area contributed by atoms with Gasteiger partial charge in [-0.2, -0.15) is 0 Å². The summed E-state index contributed by atoms with van der Waals surface area (Å²) in [4.78, 5) is 21.4. The summed E-state index contributed by atoms with van der Waals surface area (Å²) in [5, 5.41) is 3.47. The third-order valence-electron chi connectivity index (χ3n) is 5.50. The van der Waals surface area contributed by atoms with Gasteiger partial charge in [-0.25, -0.2) is 0 Å². The number of benzene rings is 1. The van der Waals surface area contributed by atoms with E-state index in [2.05, 4.69) is 42.0 Å². The largest absolute Gasteiger partial charge is 0.488 e. The first kappa shape index (κ1) is 25.7. The molecular formula is C23H37IN4O3. The van der Waals surface area contributed by atoms with E-state index < -0.39 is 0 Å². The van der Waals surface area contributed by atoms with E-state index in [0.717, 1.165) is 56.3 Å². The predicted molar refractivity (Wildman–Crippen MR) is 134 cm³/mol. The molecule has 0 aromatic heterocycles. The molecule has 8 heteroatoms. The van der Waals surface area contributed by atoms with E-state index in [1.54, 1.807) is 0 Å². The van der Waals surface area contributed by atoms with Crippen molar-refractivity contribution >= 4 is 35.8 Å². The average Bonchev–Trinajstić information content (AvgIpc) is 2.75. The van der Waals surface area contributed by atoms with Gasteiger partial charge < -0.3 is 24.6 Å². The summed E-state index contributed by atoms with van der Waals surface area (Å²) < 4.78 is 11.5. The van der Waals surface area contributed by atoms with E-state index in [4.69, 9.17) is 9.47 Å². The normalized spacial score (nSPS) is 18.4. The minimum absolute atomic E-state index is 0. The van der Waals surface area contributed by atoms with Crippen LogP contribution in [0, 0.1) is 5.92 Å². The smallest absolute Gasteiger partial charge is 0.225 e. The van der Waals surface area contributed by atoms with Crippen LogP contribution < -0.4 is 10.1 Å². The zero-order chi connectivity index (χ0) is 21.6. The molecule has 3 rings (SSSR count). The second kappa shape index (κ2) is 11.9. The number of guanidine groups is 1. The zero-order valence-corrected chi connectivity index (χ0v) is 21.6. The number of likely N-dealkylation sites (tertiary alicyclic amines) is 1. The average molecular weight is 544 g/mol. The van der Waals surface area contributed by atoms with Crippen molar-refractivity contribution in [1.82, 2.24) is 15.1 Å². The summed E-state index contributed by atoms with van der Waals surface area (Å²) in [5.41, 5.74) is 0.859. The first-order chi connectivity index (χ1) is 14.4. The van der Waals surface area contributed by atoms with Crippen molar-refractivity contribution < 1.29 is 14.3 Å². The first-order valence-corrected chi connectivity index (χ1v) is 11.0. The highest BCUT2D eigenvalue weighted by atomic mass is 127. The molecule has 7 nitrogen and oxygen atoms in total. The maximum Gasteiger partial charge on any atom is 0.225 e. The van der Waals surface area contributed by atoms with Crippen LogP contribution in [0.1, 0.15) is 39.2 Å². The Morgan fingerprint density at radius 3 is 2.39 bits per heavy atom. The molecule has 174 valence electrons. The lowest BCUT2D eigenvalue weighted by Gasteiger charge is -2.36. The van der Waals surface area contributed by atoms with Gasteiger partial charge in [-0.3, -0.25) is 9.79 Å². The van der Waals surface area contributed by atoms with E-state index >= 15 is 0 Å². The number of carbonyl (C=O) groups is 1. The van der Waals surface area contributed by atoms with Gasteiger partial charge in [0.05, 0.1) is 13.2 Å². The van der Waals surface area contributed by atoms with Crippen LogP contribution in [0.15, 0.2) is 29.3 Å². The number of amides is 1. The second-order valence-corrected chi connectivity index (χ2v) is 8.92. The van der Waals surface area contributed by atoms with Gasteiger partial charge in [-0.1, -0.05) is 18.2 Å². The summed E-state index contributed by atoms with van der Waals surface area (Å²) in [6.45, 7) is 11.2. The van der Waals surface area contributed by atoms with Crippen molar-refractivity contribution in [2.45, 2.75) is 45.8 Å². The van der Waals surface area contributed by atoms with Crippen molar-refractivity contribution in [2.75, 3.05) is 46.4 Å². The molecule has 1 aromatic rings. The fourth-order valence-electron chi connectivity index (χ4n) is 3.97. The van der Waals surface area contributed by atoms with Crippen molar-refractivity contribution in [2.24, 2.45) is 10.9 Å². The summed E-state index contributed by atoms with van der Waals surface area (Å²) in [5.74, 6) is 2.16. The van der Waals surface area contributed by atoms with Gasteiger partial charge in [0.2, 0.25) is 5.91 Å². The number of piperidine rings is 1. The molecule has 2 heterocycles. The number of para-hydroxylation sites is 1. The molecule has 31 heavy (non-hydrogen) atoms. The SMILES string of the molecule is CN=C(NCc1ccccc1OC(C)(C)C)N1CCC(C(=O)N2CCOCC2)CC1.I. The Kier molecular flexibility index (Phi) is 9.87. The van der Waals surface area contributed by atoms with Crippen LogP contribution in [-0.4, -0.2) is 73.7 Å². The molecule has 0 atom stereocenters. The quantitative estimate of drug-likeness (QED) is 0.359. The second-order valence-electron chi connectivity index (χ2n) is 8.92. The number of ether oxygens (including phenoxy) is 2. The van der Waals surface area contributed by atoms with Crippen LogP contribution in [0.25, 0.3) is 0 Å². The molecule has 1 aromatic carbocycles. The van der Waals surface area contributed by atoms with E-state index in [0.29, 0.717) is 19.8 Å². The molecule has 0 spiro atoms. The van der Waals surface area contributed by atoms with E-state index in [9.17, 15) is 4.79 Å². The molecule has 2 fully saturated rings. The Hall–Kier alpha value is -1.55. The minimum Gasteiger partial charge on any atom is -0.488 e. The number of rotatable bonds is 4. The number of nitrogens with one attached hydrogen (secondary N) is 1. The number of aliphatic imine (C=N–C) groups is 1. The monoisotopic (exact) mass is 544 g/mol. The minimum atomic E-state index is -0.243. The van der Waals surface area contributed by atoms with E-state index in [1.165, 1.54) is 0 Å². The van der Waals surface area contributed by atoms with Crippen LogP contribution in [0.5, 0.6) is 5.75 Å². The topological polar surface area (TPSA) is 66.4 Å². The Morgan fingerprint density at radius 1 is 1.13 bits per heavy atom. The molecular weight excluding hydrogens is 507 g/mol. The maximum absolute atomic E-state index is 12.8. The van der Waals surface area contributed by atoms with Crippen molar-refractivity contribution in [3.63, 3.8) is 0 Å². The fraction of sp³-hybridized carbons (Fsp3) is 0.652. The van der Waals surface area contributed by atoms with Crippen LogP contribution in [0.3, 0.4) is 0 Å². The molecule has 0 aliphatic carbocycles. The Balaban J connectivity index is 0.00000341. The number of halogens is 1. The maximum atomic E-state index is 12.8. The summed E-state index contributed by atoms with van der Waals surface area (Å²) in [7, 11) is 1.81. The van der Waals surface area contributed by atoms with Crippen LogP contribution in [0.2, 0.25) is 0 Å². The zero-order valence-electron chi connectivity index (χ0n) is 19.2. The summed E-state index contributed by atoms with van der Waals surface area (Å²) >= 11 is 0. The fourth-order valence-corrected chi connectivity index (χ4v) is 3.97. The van der Waals surface area contributed by atoms with Crippen molar-refractivity contribution in [3.8, 4) is 5.75 Å². The Morgan fingerprint density at radius 2 is 1.77 bits per heavy atom. The first-order valence-electron chi connectivity index (χ1n) is 11.0. The Bertz CT molecular complexity index is 737. The summed E-state index contributed by atoms with van der Waals surface area (Å²) in [6, 6.07) is 8.11. The predicted octanol–water partition coefficient (Wildman–Crippen LogP) is 3.13. The van der Waals surface area contributed by atoms with E-state index in [1.807, 2.05) is 30.1 Å². The number of hydrogen-bond acceptors (Lipinski definition) is 4. The van der Waals surface area contributed by atoms with E-state index in [-0.39, 0.29) is 41.4 Å². The highest BCUT2D eigenvalue weighted by Gasteiger charge is 2.30. The van der Waals surface area contributed by atoms with Gasteiger partial charge in [0, 0.05) is 51.3 Å². The molecule has 0 bridgehead atoms. The summed E-state index contributed by atoms with van der Waals surface area (Å²) in [6.07, 6.45) is 1.72. The number of morpholine rings is 1. The van der Waals surface area contributed by atoms with Gasteiger partial charge in [0.15, 0.2) is 5.96 Å². The molecule has 2 aliphatic heterocycles. The van der Waals surface area contributed by atoms with Gasteiger partial charge in [-0.15, -0.1) is 24.0 Å². The van der Waals surface area contributed by atoms with Crippen LogP contribution in [0.4, 0.5) is 0 Å². The van der Waals surface area contributed by atoms with Crippen molar-refractivity contribution in [1.29, 1.82) is 0 Å². The molecule has 0 radical (unpaired) electrons. The van der Waals surface area contributed by atoms with Gasteiger partial charge >= 0.3 is 0 Å². The van der Waals surface area contributed by atoms with Gasteiger partial charge in [0.25, 0.3) is 0 Å². The molecule has 1 N–H and O–H groups in total. The van der Waals surface area contributed by atoms with Gasteiger partial charge in [-0.05, 0) is 39.7 Å². The lowest BCUT2D eigenvalue weighted by Crippen LogP contribution is -2.49. The number of hydrogen-bond donors (Lipinski definition) is 1. The molecule has 2 aliphatic rings. The van der Waals surface area contributed by atoms with Gasteiger partial charge in [0.1, 0.15) is 11.4 Å². The highest BCUT2D eigenvalue weighted by Crippen LogP contribution is 2.24. The third kappa shape index (κ3) is 7.52. The van der Waals surface area contributed by atoms with Crippen LogP contribution in [-0.2, 0) is 16.1 Å². The molecule has 1 amide bonds. The van der Waals surface area contributed by atoms with Crippen LogP contribution >= 0.6 is 24.0 Å².